The van der Waals surface area contributed by atoms with Gasteiger partial charge in [-0.3, -0.25) is 4.79 Å². The Hall–Kier alpha value is -1.67. The van der Waals surface area contributed by atoms with Gasteiger partial charge in [-0.1, -0.05) is 0 Å². The van der Waals surface area contributed by atoms with Gasteiger partial charge in [-0.15, -0.1) is 0 Å². The summed E-state index contributed by atoms with van der Waals surface area (Å²) in [5, 5.41) is 0. The molecule has 0 aliphatic carbocycles. The van der Waals surface area contributed by atoms with Gasteiger partial charge in [0.05, 0.1) is 12.3 Å². The van der Waals surface area contributed by atoms with Crippen molar-refractivity contribution in [2.45, 2.75) is 24.8 Å². The van der Waals surface area contributed by atoms with Gasteiger partial charge >= 0.3 is 5.97 Å². The van der Waals surface area contributed by atoms with Gasteiger partial charge in [0.2, 0.25) is 10.0 Å². The summed E-state index contributed by atoms with van der Waals surface area (Å²) in [6.07, 6.45) is 0. The standard InChI is InChI=1S/C11H15FN2O4S/c1-3-18-11(15)7(2)14-19(16,17)10-6-8(12)4-5-9(10)13/h4-7,14H,3,13H2,1-2H3. The molecule has 0 aliphatic rings. The molecule has 0 spiro atoms. The van der Waals surface area contributed by atoms with E-state index in [1.54, 1.807) is 6.92 Å². The van der Waals surface area contributed by atoms with Crippen molar-refractivity contribution in [1.29, 1.82) is 0 Å². The Bertz CT molecular complexity index is 574. The Balaban J connectivity index is 2.99. The van der Waals surface area contributed by atoms with Gasteiger partial charge in [0, 0.05) is 0 Å². The maximum atomic E-state index is 13.1. The van der Waals surface area contributed by atoms with Crippen LogP contribution in [0.4, 0.5) is 10.1 Å². The van der Waals surface area contributed by atoms with Crippen molar-refractivity contribution >= 4 is 21.7 Å². The van der Waals surface area contributed by atoms with Gasteiger partial charge in [0.15, 0.2) is 0 Å². The number of hydrogen-bond donors (Lipinski definition) is 2. The lowest BCUT2D eigenvalue weighted by atomic mass is 10.3. The summed E-state index contributed by atoms with van der Waals surface area (Å²) in [5.41, 5.74) is 5.38. The molecule has 0 heterocycles. The summed E-state index contributed by atoms with van der Waals surface area (Å²) in [6, 6.07) is 1.88. The highest BCUT2D eigenvalue weighted by molar-refractivity contribution is 7.89. The summed E-state index contributed by atoms with van der Waals surface area (Å²) >= 11 is 0. The Morgan fingerprint density at radius 2 is 2.16 bits per heavy atom. The SMILES string of the molecule is CCOC(=O)C(C)NS(=O)(=O)c1cc(F)ccc1N. The number of carbonyl (C=O) groups excluding carboxylic acids is 1. The highest BCUT2D eigenvalue weighted by atomic mass is 32.2. The number of hydrogen-bond acceptors (Lipinski definition) is 5. The average Bonchev–Trinajstić information content (AvgIpc) is 2.31. The summed E-state index contributed by atoms with van der Waals surface area (Å²) in [4.78, 5) is 10.9. The van der Waals surface area contributed by atoms with E-state index < -0.39 is 32.7 Å². The molecule has 3 N–H and O–H groups in total. The van der Waals surface area contributed by atoms with Crippen LogP contribution in [-0.4, -0.2) is 27.0 Å². The summed E-state index contributed by atoms with van der Waals surface area (Å²) in [6.45, 7) is 3.06. The van der Waals surface area contributed by atoms with Crippen LogP contribution in [0, 0.1) is 5.82 Å². The van der Waals surface area contributed by atoms with Crippen LogP contribution in [0.3, 0.4) is 0 Å². The zero-order chi connectivity index (χ0) is 14.6. The van der Waals surface area contributed by atoms with E-state index >= 15 is 0 Å². The van der Waals surface area contributed by atoms with E-state index in [0.29, 0.717) is 0 Å². The predicted octanol–water partition coefficient (Wildman–Crippen LogP) is 0.638. The number of ether oxygens (including phenoxy) is 1. The predicted molar refractivity (Wildman–Crippen MR) is 67.2 cm³/mol. The Kier molecular flexibility index (Phi) is 4.84. The first-order chi connectivity index (χ1) is 8.77. The molecule has 8 heteroatoms. The molecule has 1 aromatic carbocycles. The minimum Gasteiger partial charge on any atom is -0.465 e. The molecule has 0 bridgehead atoms. The molecule has 1 rings (SSSR count). The summed E-state index contributed by atoms with van der Waals surface area (Å²) < 4.78 is 43.7. The number of esters is 1. The topological polar surface area (TPSA) is 98.5 Å². The van der Waals surface area contributed by atoms with E-state index in [1.807, 2.05) is 0 Å². The number of rotatable bonds is 5. The van der Waals surface area contributed by atoms with Crippen molar-refractivity contribution in [1.82, 2.24) is 4.72 Å². The molecule has 0 aliphatic heterocycles. The largest absolute Gasteiger partial charge is 0.465 e. The van der Waals surface area contributed by atoms with Crippen LogP contribution >= 0.6 is 0 Å². The third kappa shape index (κ3) is 3.90. The van der Waals surface area contributed by atoms with Gasteiger partial charge in [0.25, 0.3) is 0 Å². The lowest BCUT2D eigenvalue weighted by Gasteiger charge is -2.14. The third-order valence-electron chi connectivity index (χ3n) is 2.24. The van der Waals surface area contributed by atoms with Crippen molar-refractivity contribution in [3.63, 3.8) is 0 Å². The number of nitrogens with two attached hydrogens (primary N) is 1. The van der Waals surface area contributed by atoms with Crippen molar-refractivity contribution < 1.29 is 22.3 Å². The highest BCUT2D eigenvalue weighted by Gasteiger charge is 2.24. The molecule has 1 atom stereocenters. The molecule has 1 aromatic rings. The van der Waals surface area contributed by atoms with Crippen LogP contribution in [0.25, 0.3) is 0 Å². The third-order valence-corrected chi connectivity index (χ3v) is 3.83. The van der Waals surface area contributed by atoms with E-state index in [4.69, 9.17) is 5.73 Å². The minimum absolute atomic E-state index is 0.107. The fourth-order valence-corrected chi connectivity index (χ4v) is 2.69. The number of nitrogen functional groups attached to an aromatic ring is 1. The second-order valence-corrected chi connectivity index (χ2v) is 5.46. The highest BCUT2D eigenvalue weighted by Crippen LogP contribution is 2.19. The molecular weight excluding hydrogens is 275 g/mol. The van der Waals surface area contributed by atoms with E-state index in [2.05, 4.69) is 9.46 Å². The van der Waals surface area contributed by atoms with Gasteiger partial charge < -0.3 is 10.5 Å². The molecule has 0 saturated heterocycles. The van der Waals surface area contributed by atoms with Crippen molar-refractivity contribution in [3.05, 3.63) is 24.0 Å². The van der Waals surface area contributed by atoms with Gasteiger partial charge in [0.1, 0.15) is 16.8 Å². The Labute approximate surface area is 110 Å². The molecule has 0 fully saturated rings. The van der Waals surface area contributed by atoms with Crippen molar-refractivity contribution in [2.24, 2.45) is 0 Å². The van der Waals surface area contributed by atoms with Gasteiger partial charge in [-0.25, -0.2) is 12.8 Å². The van der Waals surface area contributed by atoms with Crippen molar-refractivity contribution in [3.8, 4) is 0 Å². The van der Waals surface area contributed by atoms with Crippen LogP contribution in [-0.2, 0) is 19.6 Å². The van der Waals surface area contributed by atoms with Crippen molar-refractivity contribution in [2.75, 3.05) is 12.3 Å². The van der Waals surface area contributed by atoms with Crippen LogP contribution in [0.2, 0.25) is 0 Å². The van der Waals surface area contributed by atoms with Crippen LogP contribution in [0.15, 0.2) is 23.1 Å². The molecule has 1 unspecified atom stereocenters. The molecule has 0 aromatic heterocycles. The lowest BCUT2D eigenvalue weighted by Crippen LogP contribution is -2.39. The number of benzene rings is 1. The van der Waals surface area contributed by atoms with Crippen LogP contribution < -0.4 is 10.5 Å². The van der Waals surface area contributed by atoms with E-state index in [1.165, 1.54) is 6.92 Å². The lowest BCUT2D eigenvalue weighted by molar-refractivity contribution is -0.144. The second-order valence-electron chi connectivity index (χ2n) is 3.78. The number of carbonyl (C=O) groups is 1. The first kappa shape index (κ1) is 15.4. The first-order valence-corrected chi connectivity index (χ1v) is 7.00. The molecule has 0 amide bonds. The van der Waals surface area contributed by atoms with Gasteiger partial charge in [-0.2, -0.15) is 4.72 Å². The van der Waals surface area contributed by atoms with E-state index in [-0.39, 0.29) is 12.3 Å². The van der Waals surface area contributed by atoms with E-state index in [9.17, 15) is 17.6 Å². The number of nitrogens with one attached hydrogen (secondary N) is 1. The Morgan fingerprint density at radius 1 is 1.53 bits per heavy atom. The molecule has 106 valence electrons. The fourth-order valence-electron chi connectivity index (χ4n) is 1.35. The zero-order valence-electron chi connectivity index (χ0n) is 10.5. The molecule has 6 nitrogen and oxygen atoms in total. The zero-order valence-corrected chi connectivity index (χ0v) is 11.3. The Morgan fingerprint density at radius 3 is 2.74 bits per heavy atom. The number of halogens is 1. The second kappa shape index (κ2) is 5.98. The quantitative estimate of drug-likeness (QED) is 0.612. The monoisotopic (exact) mass is 290 g/mol. The summed E-state index contributed by atoms with van der Waals surface area (Å²) in [7, 11) is -4.09. The average molecular weight is 290 g/mol. The maximum absolute atomic E-state index is 13.1. The number of sulfonamides is 1. The van der Waals surface area contributed by atoms with E-state index in [0.717, 1.165) is 18.2 Å². The molecule has 0 radical (unpaired) electrons. The van der Waals surface area contributed by atoms with Crippen LogP contribution in [0.5, 0.6) is 0 Å². The normalized spacial score (nSPS) is 13.0. The minimum atomic E-state index is -4.09. The first-order valence-electron chi connectivity index (χ1n) is 5.52. The smallest absolute Gasteiger partial charge is 0.323 e. The van der Waals surface area contributed by atoms with Crippen LogP contribution in [0.1, 0.15) is 13.8 Å². The maximum Gasteiger partial charge on any atom is 0.323 e. The molecular formula is C11H15FN2O4S. The summed E-state index contributed by atoms with van der Waals surface area (Å²) in [5.74, 6) is -1.46. The molecule has 19 heavy (non-hydrogen) atoms. The molecule has 0 saturated carbocycles. The van der Waals surface area contributed by atoms with Gasteiger partial charge in [-0.05, 0) is 32.0 Å². The number of anilines is 1. The fraction of sp³-hybridized carbons (Fsp3) is 0.364.